The minimum absolute atomic E-state index is 0.0172. The van der Waals surface area contributed by atoms with Crippen molar-refractivity contribution in [3.8, 4) is 0 Å². The van der Waals surface area contributed by atoms with Crippen LogP contribution in [-0.2, 0) is 19.2 Å². The fourth-order valence-electron chi connectivity index (χ4n) is 4.61. The standard InChI is InChI=1S/C22H32N4O4S/c27-14-23-17-8-5-3-1-2-4-7-15-13-22(15,21(30)25-31-16-10-11-16)24-19(28)18-9-6-12-26(18)20(17)29/h4,7,14-18H,1-3,5-6,8-13H2,(H,23,27)(H,24,28)(H,25,30)/b7-4-/t15?,17-,18?,22+/m0/s1. The molecule has 0 aromatic carbocycles. The van der Waals surface area contributed by atoms with E-state index in [1.165, 1.54) is 11.9 Å². The van der Waals surface area contributed by atoms with Gasteiger partial charge >= 0.3 is 0 Å². The number of nitrogens with zero attached hydrogens (tertiary/aromatic N) is 1. The zero-order chi connectivity index (χ0) is 21.8. The molecule has 31 heavy (non-hydrogen) atoms. The first-order valence-electron chi connectivity index (χ1n) is 11.5. The van der Waals surface area contributed by atoms with Crippen LogP contribution in [0, 0.1) is 5.92 Å². The van der Waals surface area contributed by atoms with E-state index in [2.05, 4.69) is 27.5 Å². The molecule has 2 aliphatic carbocycles. The molecule has 8 nitrogen and oxygen atoms in total. The first-order chi connectivity index (χ1) is 15.0. The minimum atomic E-state index is -0.923. The van der Waals surface area contributed by atoms with Crippen LogP contribution in [0.15, 0.2) is 12.2 Å². The number of amides is 4. The predicted octanol–water partition coefficient (Wildman–Crippen LogP) is 1.41. The van der Waals surface area contributed by atoms with Gasteiger partial charge in [-0.05, 0) is 63.3 Å². The summed E-state index contributed by atoms with van der Waals surface area (Å²) in [4.78, 5) is 52.0. The van der Waals surface area contributed by atoms with Gasteiger partial charge in [0.15, 0.2) is 0 Å². The van der Waals surface area contributed by atoms with Crippen LogP contribution in [0.3, 0.4) is 0 Å². The highest BCUT2D eigenvalue weighted by Crippen LogP contribution is 2.46. The molecule has 4 rings (SSSR count). The Hall–Kier alpha value is -2.03. The van der Waals surface area contributed by atoms with Crippen LogP contribution in [0.1, 0.15) is 64.2 Å². The number of rotatable bonds is 5. The van der Waals surface area contributed by atoms with E-state index in [9.17, 15) is 19.2 Å². The Morgan fingerprint density at radius 1 is 1.16 bits per heavy atom. The van der Waals surface area contributed by atoms with Crippen LogP contribution < -0.4 is 15.4 Å². The molecular formula is C22H32N4O4S. The van der Waals surface area contributed by atoms with Crippen molar-refractivity contribution in [2.45, 2.75) is 87.1 Å². The molecule has 2 unspecified atom stereocenters. The fraction of sp³-hybridized carbons (Fsp3) is 0.727. The van der Waals surface area contributed by atoms with Crippen molar-refractivity contribution in [2.75, 3.05) is 6.54 Å². The maximum absolute atomic E-state index is 13.2. The third-order valence-electron chi connectivity index (χ3n) is 6.75. The van der Waals surface area contributed by atoms with E-state index in [0.717, 1.165) is 44.9 Å². The minimum Gasteiger partial charge on any atom is -0.347 e. The maximum Gasteiger partial charge on any atom is 0.256 e. The number of carbonyl (C=O) groups is 4. The molecule has 2 aliphatic heterocycles. The van der Waals surface area contributed by atoms with Gasteiger partial charge in [-0.15, -0.1) is 0 Å². The number of allylic oxidation sites excluding steroid dienone is 1. The van der Waals surface area contributed by atoms with E-state index >= 15 is 0 Å². The van der Waals surface area contributed by atoms with Gasteiger partial charge < -0.3 is 15.5 Å². The molecule has 170 valence electrons. The van der Waals surface area contributed by atoms with Crippen molar-refractivity contribution in [3.63, 3.8) is 0 Å². The van der Waals surface area contributed by atoms with E-state index in [4.69, 9.17) is 0 Å². The number of fused-ring (bicyclic) bond motifs is 2. The molecule has 0 radical (unpaired) electrons. The highest BCUT2D eigenvalue weighted by atomic mass is 32.2. The third-order valence-corrected chi connectivity index (χ3v) is 7.85. The normalized spacial score (nSPS) is 35.0. The Labute approximate surface area is 187 Å². The van der Waals surface area contributed by atoms with Gasteiger partial charge in [-0.2, -0.15) is 0 Å². The lowest BCUT2D eigenvalue weighted by Gasteiger charge is -2.29. The maximum atomic E-state index is 13.2. The quantitative estimate of drug-likeness (QED) is 0.335. The second-order valence-corrected chi connectivity index (χ2v) is 10.2. The van der Waals surface area contributed by atoms with Crippen LogP contribution in [0.25, 0.3) is 0 Å². The van der Waals surface area contributed by atoms with Gasteiger partial charge in [0, 0.05) is 17.7 Å². The second kappa shape index (κ2) is 9.63. The first kappa shape index (κ1) is 22.2. The predicted molar refractivity (Wildman–Crippen MR) is 118 cm³/mol. The molecule has 0 bridgehead atoms. The lowest BCUT2D eigenvalue weighted by Crippen LogP contribution is -2.57. The molecule has 4 amide bonds. The van der Waals surface area contributed by atoms with Gasteiger partial charge in [0.25, 0.3) is 5.91 Å². The number of hydrogen-bond donors (Lipinski definition) is 3. The van der Waals surface area contributed by atoms with Gasteiger partial charge in [-0.1, -0.05) is 25.0 Å². The highest BCUT2D eigenvalue weighted by molar-refractivity contribution is 7.98. The zero-order valence-corrected chi connectivity index (χ0v) is 18.6. The Bertz CT molecular complexity index is 756. The van der Waals surface area contributed by atoms with Crippen molar-refractivity contribution >= 4 is 36.1 Å². The largest absolute Gasteiger partial charge is 0.347 e. The Morgan fingerprint density at radius 3 is 2.77 bits per heavy atom. The summed E-state index contributed by atoms with van der Waals surface area (Å²) < 4.78 is 2.95. The van der Waals surface area contributed by atoms with Crippen LogP contribution in [-0.4, -0.2) is 58.4 Å². The molecule has 0 aromatic rings. The van der Waals surface area contributed by atoms with Gasteiger partial charge in [-0.25, -0.2) is 0 Å². The molecule has 9 heteroatoms. The van der Waals surface area contributed by atoms with Crippen molar-refractivity contribution in [1.82, 2.24) is 20.3 Å². The molecule has 0 spiro atoms. The Kier molecular flexibility index (Phi) is 6.89. The van der Waals surface area contributed by atoms with Gasteiger partial charge in [0.2, 0.25) is 18.2 Å². The third kappa shape index (κ3) is 5.07. The average molecular weight is 449 g/mol. The van der Waals surface area contributed by atoms with Gasteiger partial charge in [0.05, 0.1) is 0 Å². The van der Waals surface area contributed by atoms with E-state index in [1.54, 1.807) is 4.90 Å². The van der Waals surface area contributed by atoms with E-state index < -0.39 is 17.6 Å². The number of carbonyl (C=O) groups excluding carboxylic acids is 4. The summed E-state index contributed by atoms with van der Waals surface area (Å²) in [5.74, 6) is -0.634. The van der Waals surface area contributed by atoms with E-state index in [0.29, 0.717) is 37.5 Å². The fourth-order valence-corrected chi connectivity index (χ4v) is 5.44. The molecule has 3 N–H and O–H groups in total. The lowest BCUT2D eigenvalue weighted by molar-refractivity contribution is -0.141. The summed E-state index contributed by atoms with van der Waals surface area (Å²) in [7, 11) is 0. The summed E-state index contributed by atoms with van der Waals surface area (Å²) in [5, 5.41) is 6.15. The summed E-state index contributed by atoms with van der Waals surface area (Å²) in [6.07, 6.45) is 13.1. The zero-order valence-electron chi connectivity index (χ0n) is 17.8. The molecular weight excluding hydrogens is 416 g/mol. The van der Waals surface area contributed by atoms with Crippen molar-refractivity contribution in [2.24, 2.45) is 5.92 Å². The Balaban J connectivity index is 1.52. The molecule has 4 atom stereocenters. The van der Waals surface area contributed by atoms with Crippen LogP contribution in [0.5, 0.6) is 0 Å². The summed E-state index contributed by atoms with van der Waals surface area (Å²) in [6, 6.07) is -1.20. The monoisotopic (exact) mass is 448 g/mol. The van der Waals surface area contributed by atoms with Gasteiger partial charge in [0.1, 0.15) is 17.6 Å². The molecule has 3 fully saturated rings. The molecule has 4 aliphatic rings. The van der Waals surface area contributed by atoms with Crippen LogP contribution >= 0.6 is 11.9 Å². The number of hydrogen-bond acceptors (Lipinski definition) is 5. The SMILES string of the molecule is O=CN[C@H]1CCCCC/C=C\C2C[C@@]2(C(=O)NSC2CC2)NC(=O)C2CCCN2C1=O. The second-order valence-electron chi connectivity index (χ2n) is 9.11. The van der Waals surface area contributed by atoms with E-state index in [1.807, 2.05) is 0 Å². The lowest BCUT2D eigenvalue weighted by atomic mass is 10.1. The number of nitrogens with one attached hydrogen (secondary N) is 3. The Morgan fingerprint density at radius 2 is 2.00 bits per heavy atom. The smallest absolute Gasteiger partial charge is 0.256 e. The van der Waals surface area contributed by atoms with Gasteiger partial charge in [-0.3, -0.25) is 23.9 Å². The molecule has 2 heterocycles. The summed E-state index contributed by atoms with van der Waals surface area (Å²) in [6.45, 7) is 0.494. The van der Waals surface area contributed by atoms with E-state index in [-0.39, 0.29) is 23.6 Å². The van der Waals surface area contributed by atoms with Crippen molar-refractivity contribution < 1.29 is 19.2 Å². The summed E-state index contributed by atoms with van der Waals surface area (Å²) in [5.41, 5.74) is -0.923. The molecule has 2 saturated carbocycles. The highest BCUT2D eigenvalue weighted by Gasteiger charge is 2.60. The van der Waals surface area contributed by atoms with Crippen LogP contribution in [0.4, 0.5) is 0 Å². The van der Waals surface area contributed by atoms with Crippen molar-refractivity contribution in [3.05, 3.63) is 12.2 Å². The molecule has 0 aromatic heterocycles. The van der Waals surface area contributed by atoms with Crippen LogP contribution in [0.2, 0.25) is 0 Å². The first-order valence-corrected chi connectivity index (χ1v) is 12.4. The topological polar surface area (TPSA) is 108 Å². The summed E-state index contributed by atoms with van der Waals surface area (Å²) >= 11 is 1.45. The average Bonchev–Trinajstić information content (AvgIpc) is 3.66. The van der Waals surface area contributed by atoms with Crippen molar-refractivity contribution in [1.29, 1.82) is 0 Å². The molecule has 1 saturated heterocycles.